The summed E-state index contributed by atoms with van der Waals surface area (Å²) in [5.74, 6) is -3.24. The van der Waals surface area contributed by atoms with Crippen LogP contribution in [0, 0.1) is 11.3 Å². The van der Waals surface area contributed by atoms with E-state index in [1.165, 1.54) is 38.5 Å². The molecule has 0 atom stereocenters. The summed E-state index contributed by atoms with van der Waals surface area (Å²) < 4.78 is 67.4. The Morgan fingerprint density at radius 2 is 1.26 bits per heavy atom. The van der Waals surface area contributed by atoms with E-state index >= 15 is 0 Å². The summed E-state index contributed by atoms with van der Waals surface area (Å²) in [6.07, 6.45) is 6.16. The molecule has 0 bridgehead atoms. The summed E-state index contributed by atoms with van der Waals surface area (Å²) >= 11 is 0. The van der Waals surface area contributed by atoms with Gasteiger partial charge in [-0.1, -0.05) is 65.3 Å². The standard InChI is InChI=1S/C14H26.C4H4F6.C3H8/c1-5-7-9-10-11-13-14(3,4)12-8-6-2;1-2(3(5,6)7)4(8,9)10;1-3-2/h6-9H,5,10-13H2,1-4H3;2H,1H3;3H2,1-2H3/b8-6-,9-7+;;. The molecule has 27 heavy (non-hydrogen) atoms. The SMILES string of the molecule is C/C=C\CC(C)(C)CCC/C=C/CC.CC(C(F)(F)F)C(F)(F)F.CCC. The van der Waals surface area contributed by atoms with Crippen molar-refractivity contribution in [2.75, 3.05) is 0 Å². The molecule has 0 aliphatic rings. The van der Waals surface area contributed by atoms with Gasteiger partial charge in [-0.05, 0) is 51.4 Å². The van der Waals surface area contributed by atoms with Gasteiger partial charge in [0.15, 0.2) is 0 Å². The van der Waals surface area contributed by atoms with Crippen molar-refractivity contribution in [2.45, 2.75) is 99.3 Å². The van der Waals surface area contributed by atoms with Crippen LogP contribution in [0.2, 0.25) is 0 Å². The van der Waals surface area contributed by atoms with E-state index in [9.17, 15) is 26.3 Å². The summed E-state index contributed by atoms with van der Waals surface area (Å²) in [6.45, 7) is 13.3. The highest BCUT2D eigenvalue weighted by molar-refractivity contribution is 4.86. The van der Waals surface area contributed by atoms with Gasteiger partial charge in [0.1, 0.15) is 5.92 Å². The largest absolute Gasteiger partial charge is 0.400 e. The minimum atomic E-state index is -5.18. The molecule has 0 rings (SSSR count). The van der Waals surface area contributed by atoms with Crippen molar-refractivity contribution < 1.29 is 26.3 Å². The number of hydrogen-bond acceptors (Lipinski definition) is 0. The average molecular weight is 405 g/mol. The molecular weight excluding hydrogens is 366 g/mol. The van der Waals surface area contributed by atoms with Crippen LogP contribution in [-0.4, -0.2) is 12.4 Å². The third kappa shape index (κ3) is 23.0. The molecule has 0 aliphatic carbocycles. The van der Waals surface area contributed by atoms with E-state index in [-0.39, 0.29) is 6.92 Å². The Morgan fingerprint density at radius 1 is 0.815 bits per heavy atom. The van der Waals surface area contributed by atoms with E-state index in [1.54, 1.807) is 0 Å². The Morgan fingerprint density at radius 3 is 1.56 bits per heavy atom. The molecule has 0 aromatic rings. The van der Waals surface area contributed by atoms with Crippen LogP contribution < -0.4 is 0 Å². The van der Waals surface area contributed by atoms with E-state index < -0.39 is 18.3 Å². The van der Waals surface area contributed by atoms with E-state index in [4.69, 9.17) is 0 Å². The van der Waals surface area contributed by atoms with Crippen LogP contribution in [0.3, 0.4) is 0 Å². The van der Waals surface area contributed by atoms with E-state index in [1.807, 2.05) is 0 Å². The van der Waals surface area contributed by atoms with E-state index in [2.05, 4.69) is 65.8 Å². The van der Waals surface area contributed by atoms with Crippen LogP contribution in [0.5, 0.6) is 0 Å². The summed E-state index contributed by atoms with van der Waals surface area (Å²) in [5.41, 5.74) is 0.479. The summed E-state index contributed by atoms with van der Waals surface area (Å²) in [5, 5.41) is 0. The van der Waals surface area contributed by atoms with Gasteiger partial charge in [0.2, 0.25) is 0 Å². The van der Waals surface area contributed by atoms with Gasteiger partial charge in [-0.2, -0.15) is 26.3 Å². The molecule has 0 unspecified atom stereocenters. The third-order valence-electron chi connectivity index (χ3n) is 3.51. The minimum absolute atomic E-state index is 0.0833. The molecule has 0 aromatic carbocycles. The topological polar surface area (TPSA) is 0 Å². The van der Waals surface area contributed by atoms with Gasteiger partial charge in [0.25, 0.3) is 0 Å². The first-order chi connectivity index (χ1) is 12.2. The molecule has 0 heterocycles. The Bertz CT molecular complexity index is 361. The van der Waals surface area contributed by atoms with Crippen LogP contribution in [0.25, 0.3) is 0 Å². The lowest BCUT2D eigenvalue weighted by Gasteiger charge is -2.22. The molecule has 0 fully saturated rings. The first-order valence-corrected chi connectivity index (χ1v) is 9.59. The molecule has 0 spiro atoms. The Labute approximate surface area is 162 Å². The second kappa shape index (κ2) is 16.1. The zero-order chi connectivity index (χ0) is 22.1. The van der Waals surface area contributed by atoms with Gasteiger partial charge in [-0.3, -0.25) is 0 Å². The smallest absolute Gasteiger partial charge is 0.170 e. The number of unbranched alkanes of at least 4 members (excludes halogenated alkanes) is 1. The number of halogens is 6. The van der Waals surface area contributed by atoms with Crippen molar-refractivity contribution in [1.29, 1.82) is 0 Å². The molecule has 0 amide bonds. The molecule has 164 valence electrons. The van der Waals surface area contributed by atoms with Gasteiger partial charge in [0.05, 0.1) is 0 Å². The Hall–Kier alpha value is -0.940. The van der Waals surface area contributed by atoms with Gasteiger partial charge in [-0.25, -0.2) is 0 Å². The molecule has 0 aromatic heterocycles. The molecule has 0 aliphatic heterocycles. The van der Waals surface area contributed by atoms with Crippen molar-refractivity contribution in [1.82, 2.24) is 0 Å². The highest BCUT2D eigenvalue weighted by Crippen LogP contribution is 2.38. The lowest BCUT2D eigenvalue weighted by Crippen LogP contribution is -2.33. The quantitative estimate of drug-likeness (QED) is 0.225. The summed E-state index contributed by atoms with van der Waals surface area (Å²) in [4.78, 5) is 0. The van der Waals surface area contributed by atoms with Crippen LogP contribution in [0.4, 0.5) is 26.3 Å². The van der Waals surface area contributed by atoms with Crippen molar-refractivity contribution in [2.24, 2.45) is 11.3 Å². The lowest BCUT2D eigenvalue weighted by atomic mass is 9.84. The van der Waals surface area contributed by atoms with Gasteiger partial charge < -0.3 is 0 Å². The lowest BCUT2D eigenvalue weighted by molar-refractivity contribution is -0.278. The Balaban J connectivity index is -0.000000387. The fourth-order valence-corrected chi connectivity index (χ4v) is 1.71. The molecule has 0 nitrogen and oxygen atoms in total. The number of rotatable bonds is 7. The number of alkyl halides is 6. The molecule has 0 saturated carbocycles. The average Bonchev–Trinajstić information content (AvgIpc) is 2.52. The highest BCUT2D eigenvalue weighted by Gasteiger charge is 2.53. The minimum Gasteiger partial charge on any atom is -0.170 e. The summed E-state index contributed by atoms with van der Waals surface area (Å²) in [7, 11) is 0. The second-order valence-corrected chi connectivity index (χ2v) is 7.22. The molecular formula is C21H38F6. The second-order valence-electron chi connectivity index (χ2n) is 7.22. The van der Waals surface area contributed by atoms with Crippen LogP contribution in [0.15, 0.2) is 24.3 Å². The van der Waals surface area contributed by atoms with Gasteiger partial charge >= 0.3 is 12.4 Å². The number of hydrogen-bond donors (Lipinski definition) is 0. The fraction of sp³-hybridized carbons (Fsp3) is 0.810. The molecule has 0 N–H and O–H groups in total. The molecule has 0 saturated heterocycles. The van der Waals surface area contributed by atoms with Crippen molar-refractivity contribution in [3.8, 4) is 0 Å². The normalized spacial score (nSPS) is 12.8. The highest BCUT2D eigenvalue weighted by atomic mass is 19.4. The Kier molecular flexibility index (Phi) is 18.3. The fourth-order valence-electron chi connectivity index (χ4n) is 1.71. The van der Waals surface area contributed by atoms with Gasteiger partial charge in [-0.15, -0.1) is 0 Å². The third-order valence-corrected chi connectivity index (χ3v) is 3.51. The maximum atomic E-state index is 11.2. The van der Waals surface area contributed by atoms with Crippen LogP contribution in [0.1, 0.15) is 87.0 Å². The van der Waals surface area contributed by atoms with Gasteiger partial charge in [0, 0.05) is 0 Å². The first kappa shape index (κ1) is 30.8. The number of allylic oxidation sites excluding steroid dienone is 4. The van der Waals surface area contributed by atoms with Crippen LogP contribution >= 0.6 is 0 Å². The van der Waals surface area contributed by atoms with Crippen molar-refractivity contribution in [3.63, 3.8) is 0 Å². The maximum Gasteiger partial charge on any atom is 0.400 e. The van der Waals surface area contributed by atoms with E-state index in [0.717, 1.165) is 0 Å². The monoisotopic (exact) mass is 404 g/mol. The zero-order valence-electron chi connectivity index (χ0n) is 17.9. The predicted molar refractivity (Wildman–Crippen MR) is 104 cm³/mol. The first-order valence-electron chi connectivity index (χ1n) is 9.59. The summed E-state index contributed by atoms with van der Waals surface area (Å²) in [6, 6.07) is 0. The van der Waals surface area contributed by atoms with E-state index in [0.29, 0.717) is 5.41 Å². The molecule has 6 heteroatoms. The molecule has 0 radical (unpaired) electrons. The van der Waals surface area contributed by atoms with Crippen LogP contribution in [-0.2, 0) is 0 Å². The van der Waals surface area contributed by atoms with Crippen molar-refractivity contribution in [3.05, 3.63) is 24.3 Å². The predicted octanol–water partition coefficient (Wildman–Crippen LogP) is 9.28. The zero-order valence-corrected chi connectivity index (χ0v) is 17.9. The van der Waals surface area contributed by atoms with Crippen molar-refractivity contribution >= 4 is 0 Å². The maximum absolute atomic E-state index is 11.2.